The average Bonchev–Trinajstić information content (AvgIpc) is 2.52. The zero-order chi connectivity index (χ0) is 11.8. The maximum Gasteiger partial charge on any atom is 0.317 e. The molecule has 1 N–H and O–H groups in total. The van der Waals surface area contributed by atoms with E-state index in [0.717, 1.165) is 25.9 Å². The molecule has 0 aromatic heterocycles. The molecule has 4 nitrogen and oxygen atoms in total. The van der Waals surface area contributed by atoms with Crippen LogP contribution >= 0.6 is 0 Å². The lowest BCUT2D eigenvalue weighted by Crippen LogP contribution is -2.41. The molecule has 0 aromatic rings. The van der Waals surface area contributed by atoms with E-state index in [9.17, 15) is 4.79 Å². The number of amides is 2. The van der Waals surface area contributed by atoms with E-state index in [2.05, 4.69) is 5.32 Å². The molecule has 0 unspecified atom stereocenters. The highest BCUT2D eigenvalue weighted by atomic mass is 16.5. The second-order valence-corrected chi connectivity index (χ2v) is 4.55. The van der Waals surface area contributed by atoms with Gasteiger partial charge in [-0.3, -0.25) is 0 Å². The van der Waals surface area contributed by atoms with Crippen LogP contribution in [0.4, 0.5) is 4.79 Å². The number of nitrogens with zero attached hydrogens (tertiary/aromatic N) is 1. The van der Waals surface area contributed by atoms with Crippen LogP contribution in [0.3, 0.4) is 0 Å². The number of nitrogens with one attached hydrogen (secondary N) is 1. The summed E-state index contributed by atoms with van der Waals surface area (Å²) in [7, 11) is 0. The summed E-state index contributed by atoms with van der Waals surface area (Å²) < 4.78 is 5.37. The number of hydrogen-bond acceptors (Lipinski definition) is 2. The van der Waals surface area contributed by atoms with Crippen LogP contribution in [-0.4, -0.2) is 43.3 Å². The molecule has 4 heteroatoms. The van der Waals surface area contributed by atoms with Crippen molar-refractivity contribution in [2.75, 3.05) is 26.2 Å². The van der Waals surface area contributed by atoms with Crippen molar-refractivity contribution in [1.82, 2.24) is 10.2 Å². The summed E-state index contributed by atoms with van der Waals surface area (Å²) in [6.07, 6.45) is 5.00. The molecule has 1 rings (SSSR count). The zero-order valence-electron chi connectivity index (χ0n) is 10.5. The van der Waals surface area contributed by atoms with E-state index in [1.165, 1.54) is 12.8 Å². The van der Waals surface area contributed by atoms with E-state index >= 15 is 0 Å². The Labute approximate surface area is 98.3 Å². The minimum absolute atomic E-state index is 0.0641. The Bertz CT molecular complexity index is 199. The van der Waals surface area contributed by atoms with Crippen LogP contribution in [-0.2, 0) is 4.74 Å². The monoisotopic (exact) mass is 228 g/mol. The van der Waals surface area contributed by atoms with E-state index in [1.54, 1.807) is 0 Å². The molecule has 0 atom stereocenters. The fourth-order valence-electron chi connectivity index (χ4n) is 1.84. The quantitative estimate of drug-likeness (QED) is 0.748. The molecule has 0 saturated carbocycles. The van der Waals surface area contributed by atoms with Gasteiger partial charge in [0, 0.05) is 19.6 Å². The molecule has 0 bridgehead atoms. The first-order valence-corrected chi connectivity index (χ1v) is 6.34. The number of urea groups is 1. The Morgan fingerprint density at radius 2 is 1.88 bits per heavy atom. The van der Waals surface area contributed by atoms with Crippen molar-refractivity contribution in [3.05, 3.63) is 0 Å². The number of carbonyl (C=O) groups is 1. The number of rotatable bonds is 4. The predicted molar refractivity (Wildman–Crippen MR) is 64.5 cm³/mol. The van der Waals surface area contributed by atoms with Crippen molar-refractivity contribution < 1.29 is 9.53 Å². The van der Waals surface area contributed by atoms with Crippen LogP contribution in [0.5, 0.6) is 0 Å². The van der Waals surface area contributed by atoms with Gasteiger partial charge in [0.25, 0.3) is 0 Å². The number of likely N-dealkylation sites (tertiary alicyclic amines) is 1. The SMILES string of the molecule is CC(C)OCCNC(=O)N1CCCCCC1. The van der Waals surface area contributed by atoms with E-state index in [0.29, 0.717) is 13.2 Å². The Morgan fingerprint density at radius 3 is 2.44 bits per heavy atom. The molecule has 0 spiro atoms. The van der Waals surface area contributed by atoms with Crippen LogP contribution in [0.15, 0.2) is 0 Å². The summed E-state index contributed by atoms with van der Waals surface area (Å²) in [5.41, 5.74) is 0. The third kappa shape index (κ3) is 5.35. The molecule has 0 radical (unpaired) electrons. The van der Waals surface area contributed by atoms with Crippen molar-refractivity contribution >= 4 is 6.03 Å². The Balaban J connectivity index is 2.13. The summed E-state index contributed by atoms with van der Waals surface area (Å²) in [5.74, 6) is 0. The fraction of sp³-hybridized carbons (Fsp3) is 0.917. The lowest BCUT2D eigenvalue weighted by Gasteiger charge is -2.20. The molecular weight excluding hydrogens is 204 g/mol. The number of ether oxygens (including phenoxy) is 1. The average molecular weight is 228 g/mol. The van der Waals surface area contributed by atoms with Crippen LogP contribution in [0.2, 0.25) is 0 Å². The van der Waals surface area contributed by atoms with Gasteiger partial charge in [-0.15, -0.1) is 0 Å². The molecule has 1 aliphatic rings. The zero-order valence-corrected chi connectivity index (χ0v) is 10.5. The Hall–Kier alpha value is -0.770. The first kappa shape index (κ1) is 13.3. The van der Waals surface area contributed by atoms with E-state index in [4.69, 9.17) is 4.74 Å². The largest absolute Gasteiger partial charge is 0.377 e. The van der Waals surface area contributed by atoms with Gasteiger partial charge >= 0.3 is 6.03 Å². The molecule has 16 heavy (non-hydrogen) atoms. The predicted octanol–water partition coefficient (Wildman–Crippen LogP) is 2.00. The van der Waals surface area contributed by atoms with Gasteiger partial charge in [-0.05, 0) is 26.7 Å². The van der Waals surface area contributed by atoms with Gasteiger partial charge in [0.1, 0.15) is 0 Å². The Kier molecular flexibility index (Phi) is 6.23. The van der Waals surface area contributed by atoms with E-state index in [1.807, 2.05) is 18.7 Å². The van der Waals surface area contributed by atoms with Gasteiger partial charge in [-0.25, -0.2) is 4.79 Å². The van der Waals surface area contributed by atoms with Crippen LogP contribution < -0.4 is 5.32 Å². The van der Waals surface area contributed by atoms with Gasteiger partial charge in [-0.1, -0.05) is 12.8 Å². The fourth-order valence-corrected chi connectivity index (χ4v) is 1.84. The number of carbonyl (C=O) groups excluding carboxylic acids is 1. The molecule has 1 fully saturated rings. The molecule has 94 valence electrons. The summed E-state index contributed by atoms with van der Waals surface area (Å²) in [4.78, 5) is 13.7. The smallest absolute Gasteiger partial charge is 0.317 e. The minimum atomic E-state index is 0.0641. The molecule has 2 amide bonds. The highest BCUT2D eigenvalue weighted by molar-refractivity contribution is 5.74. The minimum Gasteiger partial charge on any atom is -0.377 e. The maximum atomic E-state index is 11.8. The van der Waals surface area contributed by atoms with Gasteiger partial charge in [0.05, 0.1) is 12.7 Å². The summed E-state index contributed by atoms with van der Waals surface area (Å²) in [5, 5.41) is 2.90. The van der Waals surface area contributed by atoms with E-state index in [-0.39, 0.29) is 12.1 Å². The molecule has 0 aromatic carbocycles. The highest BCUT2D eigenvalue weighted by Crippen LogP contribution is 2.09. The van der Waals surface area contributed by atoms with Crippen molar-refractivity contribution in [2.24, 2.45) is 0 Å². The lowest BCUT2D eigenvalue weighted by atomic mass is 10.2. The summed E-state index contributed by atoms with van der Waals surface area (Å²) in [6.45, 7) is 6.99. The standard InChI is InChI=1S/C12H24N2O2/c1-11(2)16-10-7-13-12(15)14-8-5-3-4-6-9-14/h11H,3-10H2,1-2H3,(H,13,15). The molecule has 1 heterocycles. The summed E-state index contributed by atoms with van der Waals surface area (Å²) >= 11 is 0. The summed E-state index contributed by atoms with van der Waals surface area (Å²) in [6, 6.07) is 0.0641. The van der Waals surface area contributed by atoms with Crippen molar-refractivity contribution in [3.8, 4) is 0 Å². The third-order valence-corrected chi connectivity index (χ3v) is 2.72. The van der Waals surface area contributed by atoms with Crippen LogP contribution in [0.1, 0.15) is 39.5 Å². The van der Waals surface area contributed by atoms with Gasteiger partial charge in [0.15, 0.2) is 0 Å². The van der Waals surface area contributed by atoms with Gasteiger partial charge in [0.2, 0.25) is 0 Å². The second-order valence-electron chi connectivity index (χ2n) is 4.55. The van der Waals surface area contributed by atoms with Crippen molar-refractivity contribution in [2.45, 2.75) is 45.6 Å². The second kappa shape index (κ2) is 7.49. The third-order valence-electron chi connectivity index (χ3n) is 2.72. The van der Waals surface area contributed by atoms with Crippen LogP contribution in [0, 0.1) is 0 Å². The van der Waals surface area contributed by atoms with E-state index < -0.39 is 0 Å². The van der Waals surface area contributed by atoms with Gasteiger partial charge < -0.3 is 15.0 Å². The molecule has 0 aliphatic carbocycles. The number of hydrogen-bond donors (Lipinski definition) is 1. The molecular formula is C12H24N2O2. The lowest BCUT2D eigenvalue weighted by molar-refractivity contribution is 0.0807. The van der Waals surface area contributed by atoms with Crippen molar-refractivity contribution in [1.29, 1.82) is 0 Å². The van der Waals surface area contributed by atoms with Gasteiger partial charge in [-0.2, -0.15) is 0 Å². The first-order chi connectivity index (χ1) is 7.70. The molecule has 1 saturated heterocycles. The highest BCUT2D eigenvalue weighted by Gasteiger charge is 2.14. The van der Waals surface area contributed by atoms with Crippen LogP contribution in [0.25, 0.3) is 0 Å². The maximum absolute atomic E-state index is 11.8. The molecule has 1 aliphatic heterocycles. The van der Waals surface area contributed by atoms with Crippen molar-refractivity contribution in [3.63, 3.8) is 0 Å². The Morgan fingerprint density at radius 1 is 1.25 bits per heavy atom. The normalized spacial score (nSPS) is 17.3. The topological polar surface area (TPSA) is 41.6 Å². The first-order valence-electron chi connectivity index (χ1n) is 6.34.